The lowest BCUT2D eigenvalue weighted by molar-refractivity contribution is 0.908. The maximum atomic E-state index is 11.7. The van der Waals surface area contributed by atoms with Crippen LogP contribution < -0.4 is 5.56 Å². The normalized spacial score (nSPS) is 11.2. The van der Waals surface area contributed by atoms with Crippen LogP contribution in [0.15, 0.2) is 45.8 Å². The lowest BCUT2D eigenvalue weighted by atomic mass is 10.1. The van der Waals surface area contributed by atoms with Gasteiger partial charge in [0.05, 0.1) is 11.0 Å². The summed E-state index contributed by atoms with van der Waals surface area (Å²) in [6, 6.07) is 11.3. The van der Waals surface area contributed by atoms with E-state index < -0.39 is 0 Å². The fourth-order valence-electron chi connectivity index (χ4n) is 2.04. The first-order valence-electron chi connectivity index (χ1n) is 5.22. The van der Waals surface area contributed by atoms with Crippen molar-refractivity contribution < 1.29 is 0 Å². The van der Waals surface area contributed by atoms with Crippen LogP contribution in [0.1, 0.15) is 0 Å². The molecule has 0 amide bonds. The number of aromatic nitrogens is 2. The van der Waals surface area contributed by atoms with Crippen LogP contribution in [0.5, 0.6) is 0 Å². The van der Waals surface area contributed by atoms with Gasteiger partial charge in [0, 0.05) is 23.9 Å². The number of fused-ring (bicyclic) bond motifs is 3. The lowest BCUT2D eigenvalue weighted by Crippen LogP contribution is -2.15. The van der Waals surface area contributed by atoms with Crippen LogP contribution in [0.3, 0.4) is 0 Å². The number of nitrogens with zero attached hydrogens (tertiary/aromatic N) is 2. The van der Waals surface area contributed by atoms with Crippen LogP contribution in [0.4, 0.5) is 0 Å². The summed E-state index contributed by atoms with van der Waals surface area (Å²) < 4.78 is 2.41. The number of pyridine rings is 2. The van der Waals surface area contributed by atoms with Crippen LogP contribution in [-0.4, -0.2) is 9.55 Å². The molecular weight excluding hydrogens is 280 g/mol. The Morgan fingerprint density at radius 3 is 2.53 bits per heavy atom. The van der Waals surface area contributed by atoms with E-state index in [-0.39, 0.29) is 5.56 Å². The molecule has 84 valence electrons. The van der Waals surface area contributed by atoms with E-state index in [4.69, 9.17) is 0 Å². The summed E-state index contributed by atoms with van der Waals surface area (Å²) >= 11 is 3.36. The molecule has 0 spiro atoms. The van der Waals surface area contributed by atoms with Gasteiger partial charge in [-0.2, -0.15) is 0 Å². The summed E-state index contributed by atoms with van der Waals surface area (Å²) in [7, 11) is 1.77. The van der Waals surface area contributed by atoms with Crippen LogP contribution in [0.25, 0.3) is 21.8 Å². The smallest absolute Gasteiger partial charge is 0.250 e. The highest BCUT2D eigenvalue weighted by molar-refractivity contribution is 9.10. The molecule has 0 bridgehead atoms. The van der Waals surface area contributed by atoms with E-state index in [9.17, 15) is 4.79 Å². The zero-order valence-corrected chi connectivity index (χ0v) is 10.7. The van der Waals surface area contributed by atoms with Gasteiger partial charge in [0.15, 0.2) is 0 Å². The van der Waals surface area contributed by atoms with Crippen molar-refractivity contribution >= 4 is 37.7 Å². The van der Waals surface area contributed by atoms with Gasteiger partial charge in [-0.15, -0.1) is 0 Å². The van der Waals surface area contributed by atoms with Gasteiger partial charge >= 0.3 is 0 Å². The first-order valence-corrected chi connectivity index (χ1v) is 6.01. The average Bonchev–Trinajstić information content (AvgIpc) is 2.33. The molecule has 0 atom stereocenters. The number of hydrogen-bond acceptors (Lipinski definition) is 2. The Bertz CT molecular complexity index is 792. The molecular formula is C13H9BrN2O. The van der Waals surface area contributed by atoms with E-state index >= 15 is 0 Å². The van der Waals surface area contributed by atoms with Gasteiger partial charge in [-0.3, -0.25) is 4.79 Å². The molecule has 0 saturated heterocycles. The van der Waals surface area contributed by atoms with Crippen LogP contribution in [-0.2, 0) is 7.05 Å². The van der Waals surface area contributed by atoms with Crippen molar-refractivity contribution in [3.63, 3.8) is 0 Å². The summed E-state index contributed by atoms with van der Waals surface area (Å²) in [5, 5.41) is 2.05. The SMILES string of the molecule is Cn1c(=O)ccc2ccc3ccc(Br)nc3c21. The number of aryl methyl sites for hydroxylation is 1. The van der Waals surface area contributed by atoms with Gasteiger partial charge in [-0.1, -0.05) is 18.2 Å². The van der Waals surface area contributed by atoms with Gasteiger partial charge in [-0.05, 0) is 28.1 Å². The Balaban J connectivity index is 2.66. The van der Waals surface area contributed by atoms with Crippen molar-refractivity contribution in [1.82, 2.24) is 9.55 Å². The first kappa shape index (κ1) is 10.5. The summed E-state index contributed by atoms with van der Waals surface area (Å²) in [5.74, 6) is 0. The Morgan fingerprint density at radius 2 is 1.71 bits per heavy atom. The molecule has 0 aliphatic carbocycles. The summed E-state index contributed by atoms with van der Waals surface area (Å²) in [4.78, 5) is 16.1. The molecule has 0 fully saturated rings. The second-order valence-corrected chi connectivity index (χ2v) is 4.75. The minimum Gasteiger partial charge on any atom is -0.309 e. The van der Waals surface area contributed by atoms with Crippen molar-refractivity contribution in [1.29, 1.82) is 0 Å². The van der Waals surface area contributed by atoms with Crippen molar-refractivity contribution in [2.45, 2.75) is 0 Å². The average molecular weight is 289 g/mol. The summed E-state index contributed by atoms with van der Waals surface area (Å²) in [6.45, 7) is 0. The molecule has 0 aliphatic rings. The van der Waals surface area contributed by atoms with E-state index in [1.807, 2.05) is 30.3 Å². The Labute approximate surface area is 106 Å². The molecule has 3 nitrogen and oxygen atoms in total. The van der Waals surface area contributed by atoms with Crippen molar-refractivity contribution in [2.24, 2.45) is 7.05 Å². The molecule has 0 N–H and O–H groups in total. The number of halogens is 1. The number of hydrogen-bond donors (Lipinski definition) is 0. The highest BCUT2D eigenvalue weighted by atomic mass is 79.9. The third kappa shape index (κ3) is 1.56. The van der Waals surface area contributed by atoms with E-state index in [1.54, 1.807) is 17.7 Å². The minimum absolute atomic E-state index is 0.0215. The molecule has 0 radical (unpaired) electrons. The molecule has 4 heteroatoms. The predicted octanol–water partition coefficient (Wildman–Crippen LogP) is 2.85. The van der Waals surface area contributed by atoms with Gasteiger partial charge in [-0.25, -0.2) is 4.98 Å². The van der Waals surface area contributed by atoms with Crippen molar-refractivity contribution in [2.75, 3.05) is 0 Å². The maximum Gasteiger partial charge on any atom is 0.250 e. The second-order valence-electron chi connectivity index (χ2n) is 3.94. The highest BCUT2D eigenvalue weighted by Gasteiger charge is 2.06. The fourth-order valence-corrected chi connectivity index (χ4v) is 2.35. The van der Waals surface area contributed by atoms with Crippen LogP contribution >= 0.6 is 15.9 Å². The molecule has 3 rings (SSSR count). The third-order valence-corrected chi connectivity index (χ3v) is 3.35. The minimum atomic E-state index is -0.0215. The van der Waals surface area contributed by atoms with Gasteiger partial charge in [0.25, 0.3) is 5.56 Å². The molecule has 0 aliphatic heterocycles. The molecule has 2 aromatic heterocycles. The van der Waals surface area contributed by atoms with Crippen molar-refractivity contribution in [3.05, 3.63) is 51.4 Å². The molecule has 1 aromatic carbocycles. The maximum absolute atomic E-state index is 11.7. The zero-order chi connectivity index (χ0) is 12.0. The highest BCUT2D eigenvalue weighted by Crippen LogP contribution is 2.23. The van der Waals surface area contributed by atoms with E-state index in [0.29, 0.717) is 0 Å². The van der Waals surface area contributed by atoms with E-state index in [1.165, 1.54) is 0 Å². The van der Waals surface area contributed by atoms with Crippen molar-refractivity contribution in [3.8, 4) is 0 Å². The predicted molar refractivity (Wildman–Crippen MR) is 72.2 cm³/mol. The van der Waals surface area contributed by atoms with E-state index in [2.05, 4.69) is 20.9 Å². The Kier molecular flexibility index (Phi) is 2.26. The summed E-state index contributed by atoms with van der Waals surface area (Å²) in [6.07, 6.45) is 0. The lowest BCUT2D eigenvalue weighted by Gasteiger charge is -2.07. The molecule has 17 heavy (non-hydrogen) atoms. The quantitative estimate of drug-likeness (QED) is 0.471. The number of rotatable bonds is 0. The van der Waals surface area contributed by atoms with Gasteiger partial charge in [0.2, 0.25) is 0 Å². The third-order valence-electron chi connectivity index (χ3n) is 2.90. The summed E-state index contributed by atoms with van der Waals surface area (Å²) in [5.41, 5.74) is 1.69. The largest absolute Gasteiger partial charge is 0.309 e. The fraction of sp³-hybridized carbons (Fsp3) is 0.0769. The Hall–Kier alpha value is -1.68. The van der Waals surface area contributed by atoms with Crippen LogP contribution in [0.2, 0.25) is 0 Å². The number of benzene rings is 1. The standard InChI is InChI=1S/C13H9BrN2O/c1-16-11(17)7-5-9-3-2-8-4-6-10(14)15-12(8)13(9)16/h2-7H,1H3. The van der Waals surface area contributed by atoms with E-state index in [0.717, 1.165) is 26.4 Å². The zero-order valence-electron chi connectivity index (χ0n) is 9.14. The molecule has 2 heterocycles. The Morgan fingerprint density at radius 1 is 1.06 bits per heavy atom. The monoisotopic (exact) mass is 288 g/mol. The van der Waals surface area contributed by atoms with Crippen LogP contribution in [0, 0.1) is 0 Å². The molecule has 3 aromatic rings. The second kappa shape index (κ2) is 3.67. The topological polar surface area (TPSA) is 34.9 Å². The molecule has 0 unspecified atom stereocenters. The first-order chi connectivity index (χ1) is 8.16. The molecule has 0 saturated carbocycles. The van der Waals surface area contributed by atoms with Gasteiger partial charge in [0.1, 0.15) is 4.60 Å². The van der Waals surface area contributed by atoms with Gasteiger partial charge < -0.3 is 4.57 Å².